The van der Waals surface area contributed by atoms with Gasteiger partial charge in [0.1, 0.15) is 0 Å². The normalized spacial score (nSPS) is 10.3. The van der Waals surface area contributed by atoms with Crippen molar-refractivity contribution in [1.82, 2.24) is 9.78 Å². The number of hydrogen-bond donors (Lipinski definition) is 1. The van der Waals surface area contributed by atoms with Gasteiger partial charge in [0.15, 0.2) is 0 Å². The van der Waals surface area contributed by atoms with E-state index in [1.807, 2.05) is 31.2 Å². The summed E-state index contributed by atoms with van der Waals surface area (Å²) < 4.78 is 1.68. The van der Waals surface area contributed by atoms with Crippen molar-refractivity contribution < 1.29 is 4.79 Å². The molecule has 0 saturated heterocycles. The minimum atomic E-state index is -0.237. The van der Waals surface area contributed by atoms with E-state index in [1.165, 1.54) is 6.20 Å². The van der Waals surface area contributed by atoms with E-state index in [2.05, 4.69) is 16.5 Å². The van der Waals surface area contributed by atoms with Gasteiger partial charge in [-0.15, -0.1) is 0 Å². The van der Waals surface area contributed by atoms with Crippen molar-refractivity contribution in [3.8, 4) is 11.8 Å². The zero-order chi connectivity index (χ0) is 17.8. The SMILES string of the molecule is Cc1c(C(=O)Nc2ccc(CC#N)cc2)cnn1-c1cccc(Cl)c1. The molecule has 0 fully saturated rings. The summed E-state index contributed by atoms with van der Waals surface area (Å²) in [5.41, 5.74) is 3.58. The Hall–Kier alpha value is -3.10. The Balaban J connectivity index is 1.80. The van der Waals surface area contributed by atoms with E-state index in [1.54, 1.807) is 28.9 Å². The first-order valence-electron chi connectivity index (χ1n) is 7.66. The van der Waals surface area contributed by atoms with Gasteiger partial charge >= 0.3 is 0 Å². The molecule has 0 aliphatic carbocycles. The van der Waals surface area contributed by atoms with Crippen LogP contribution in [-0.4, -0.2) is 15.7 Å². The Morgan fingerprint density at radius 1 is 1.28 bits per heavy atom. The first-order chi connectivity index (χ1) is 12.1. The molecule has 6 heteroatoms. The first-order valence-corrected chi connectivity index (χ1v) is 8.04. The number of amides is 1. The molecule has 0 radical (unpaired) electrons. The van der Waals surface area contributed by atoms with E-state index in [0.717, 1.165) is 16.9 Å². The number of nitrogens with one attached hydrogen (secondary N) is 1. The number of benzene rings is 2. The number of rotatable bonds is 4. The molecule has 0 spiro atoms. The molecule has 0 aliphatic rings. The molecule has 1 aromatic heterocycles. The number of halogens is 1. The summed E-state index contributed by atoms with van der Waals surface area (Å²) in [5.74, 6) is -0.237. The summed E-state index contributed by atoms with van der Waals surface area (Å²) in [7, 11) is 0. The van der Waals surface area contributed by atoms with E-state index >= 15 is 0 Å². The molecule has 124 valence electrons. The second-order valence-electron chi connectivity index (χ2n) is 5.52. The first kappa shape index (κ1) is 16.7. The number of nitriles is 1. The molecule has 0 atom stereocenters. The van der Waals surface area contributed by atoms with Gasteiger partial charge < -0.3 is 5.32 Å². The van der Waals surface area contributed by atoms with Crippen molar-refractivity contribution in [1.29, 1.82) is 5.26 Å². The van der Waals surface area contributed by atoms with Gasteiger partial charge in [-0.05, 0) is 42.8 Å². The van der Waals surface area contributed by atoms with Crippen molar-refractivity contribution >= 4 is 23.2 Å². The van der Waals surface area contributed by atoms with Crippen molar-refractivity contribution in [3.05, 3.63) is 76.6 Å². The van der Waals surface area contributed by atoms with Gasteiger partial charge in [0.2, 0.25) is 0 Å². The van der Waals surface area contributed by atoms with Crippen LogP contribution in [0.1, 0.15) is 21.6 Å². The quantitative estimate of drug-likeness (QED) is 0.768. The standard InChI is InChI=1S/C19H15ClN4O/c1-13-18(12-22-24(13)17-4-2-3-15(20)11-17)19(25)23-16-7-5-14(6-8-16)9-10-21/h2-8,11-12H,9H2,1H3,(H,23,25). The van der Waals surface area contributed by atoms with Crippen LogP contribution in [0, 0.1) is 18.3 Å². The average molecular weight is 351 g/mol. The van der Waals surface area contributed by atoms with Gasteiger partial charge in [-0.25, -0.2) is 4.68 Å². The maximum Gasteiger partial charge on any atom is 0.259 e. The largest absolute Gasteiger partial charge is 0.322 e. The third-order valence-corrected chi connectivity index (χ3v) is 4.04. The van der Waals surface area contributed by atoms with E-state index in [4.69, 9.17) is 16.9 Å². The van der Waals surface area contributed by atoms with Crippen LogP contribution in [0.2, 0.25) is 5.02 Å². The van der Waals surface area contributed by atoms with Gasteiger partial charge in [-0.3, -0.25) is 4.79 Å². The van der Waals surface area contributed by atoms with E-state index in [-0.39, 0.29) is 5.91 Å². The lowest BCUT2D eigenvalue weighted by atomic mass is 10.1. The summed E-state index contributed by atoms with van der Waals surface area (Å²) in [4.78, 5) is 12.5. The molecule has 0 saturated carbocycles. The topological polar surface area (TPSA) is 70.7 Å². The van der Waals surface area contributed by atoms with Crippen LogP contribution < -0.4 is 5.32 Å². The second-order valence-corrected chi connectivity index (χ2v) is 5.96. The molecule has 1 N–H and O–H groups in total. The third-order valence-electron chi connectivity index (χ3n) is 3.80. The lowest BCUT2D eigenvalue weighted by molar-refractivity contribution is 0.102. The van der Waals surface area contributed by atoms with Crippen LogP contribution in [0.5, 0.6) is 0 Å². The van der Waals surface area contributed by atoms with Gasteiger partial charge in [0.25, 0.3) is 5.91 Å². The maximum absolute atomic E-state index is 12.5. The van der Waals surface area contributed by atoms with Crippen LogP contribution in [0.25, 0.3) is 5.69 Å². The van der Waals surface area contributed by atoms with Gasteiger partial charge in [-0.2, -0.15) is 10.4 Å². The van der Waals surface area contributed by atoms with Crippen molar-refractivity contribution in [3.63, 3.8) is 0 Å². The molecule has 0 unspecified atom stereocenters. The molecule has 3 rings (SSSR count). The summed E-state index contributed by atoms with van der Waals surface area (Å²) in [5, 5.41) is 16.4. The van der Waals surface area contributed by atoms with Gasteiger partial charge in [0, 0.05) is 10.7 Å². The van der Waals surface area contributed by atoms with Crippen LogP contribution in [0.3, 0.4) is 0 Å². The molecule has 0 bridgehead atoms. The lowest BCUT2D eigenvalue weighted by Crippen LogP contribution is -2.13. The summed E-state index contributed by atoms with van der Waals surface area (Å²) in [6, 6.07) is 16.6. The number of nitrogens with zero attached hydrogens (tertiary/aromatic N) is 3. The van der Waals surface area contributed by atoms with Gasteiger partial charge in [-0.1, -0.05) is 29.8 Å². The zero-order valence-electron chi connectivity index (χ0n) is 13.5. The molecule has 2 aromatic carbocycles. The zero-order valence-corrected chi connectivity index (χ0v) is 14.3. The van der Waals surface area contributed by atoms with Crippen molar-refractivity contribution in [2.24, 2.45) is 0 Å². The van der Waals surface area contributed by atoms with Gasteiger partial charge in [0.05, 0.1) is 35.6 Å². The van der Waals surface area contributed by atoms with Crippen molar-refractivity contribution in [2.75, 3.05) is 5.32 Å². The fourth-order valence-electron chi connectivity index (χ4n) is 2.50. The Labute approximate surface area is 150 Å². The molecular weight excluding hydrogens is 336 g/mol. The lowest BCUT2D eigenvalue weighted by Gasteiger charge is -2.07. The average Bonchev–Trinajstić information content (AvgIpc) is 2.98. The molecule has 1 heterocycles. The fraction of sp³-hybridized carbons (Fsp3) is 0.105. The smallest absolute Gasteiger partial charge is 0.259 e. The van der Waals surface area contributed by atoms with E-state index in [9.17, 15) is 4.79 Å². The highest BCUT2D eigenvalue weighted by Gasteiger charge is 2.15. The number of carbonyl (C=O) groups is 1. The van der Waals surface area contributed by atoms with Crippen LogP contribution in [0.15, 0.2) is 54.7 Å². The summed E-state index contributed by atoms with van der Waals surface area (Å²) in [6.07, 6.45) is 1.88. The molecule has 25 heavy (non-hydrogen) atoms. The maximum atomic E-state index is 12.5. The minimum Gasteiger partial charge on any atom is -0.322 e. The molecule has 0 aliphatic heterocycles. The second kappa shape index (κ2) is 7.20. The number of hydrogen-bond acceptors (Lipinski definition) is 3. The summed E-state index contributed by atoms with van der Waals surface area (Å²) >= 11 is 6.02. The van der Waals surface area contributed by atoms with Crippen LogP contribution in [0.4, 0.5) is 5.69 Å². The monoisotopic (exact) mass is 350 g/mol. The number of aromatic nitrogens is 2. The van der Waals surface area contributed by atoms with E-state index < -0.39 is 0 Å². The third kappa shape index (κ3) is 3.70. The number of anilines is 1. The minimum absolute atomic E-state index is 0.237. The van der Waals surface area contributed by atoms with Crippen LogP contribution >= 0.6 is 11.6 Å². The molecule has 1 amide bonds. The van der Waals surface area contributed by atoms with E-state index in [0.29, 0.717) is 22.7 Å². The highest BCUT2D eigenvalue weighted by Crippen LogP contribution is 2.19. The predicted octanol–water partition coefficient (Wildman–Crippen LogP) is 4.15. The molecular formula is C19H15ClN4O. The highest BCUT2D eigenvalue weighted by atomic mass is 35.5. The Bertz CT molecular complexity index is 954. The highest BCUT2D eigenvalue weighted by molar-refractivity contribution is 6.30. The Kier molecular flexibility index (Phi) is 4.82. The number of carbonyl (C=O) groups excluding carboxylic acids is 1. The molecule has 5 nitrogen and oxygen atoms in total. The molecule has 3 aromatic rings. The Morgan fingerprint density at radius 3 is 2.72 bits per heavy atom. The fourth-order valence-corrected chi connectivity index (χ4v) is 2.68. The van der Waals surface area contributed by atoms with Crippen LogP contribution in [-0.2, 0) is 6.42 Å². The Morgan fingerprint density at radius 2 is 2.04 bits per heavy atom. The summed E-state index contributed by atoms with van der Waals surface area (Å²) in [6.45, 7) is 1.83. The van der Waals surface area contributed by atoms with Crippen molar-refractivity contribution in [2.45, 2.75) is 13.3 Å². The predicted molar refractivity (Wildman–Crippen MR) is 97.0 cm³/mol.